The highest BCUT2D eigenvalue weighted by molar-refractivity contribution is 14.0. The first-order valence-corrected chi connectivity index (χ1v) is 9.48. The minimum Gasteiger partial charge on any atom is -0.492 e. The molecule has 0 amide bonds. The molecule has 0 radical (unpaired) electrons. The van der Waals surface area contributed by atoms with Crippen LogP contribution in [0.1, 0.15) is 12.7 Å². The van der Waals surface area contributed by atoms with E-state index < -0.39 is 0 Å². The zero-order valence-electron chi connectivity index (χ0n) is 17.0. The molecule has 10 heteroatoms. The summed E-state index contributed by atoms with van der Waals surface area (Å²) in [6.45, 7) is 4.42. The summed E-state index contributed by atoms with van der Waals surface area (Å²) < 4.78 is 23.9. The molecule has 0 spiro atoms. The lowest BCUT2D eigenvalue weighted by atomic mass is 10.3. The molecular weight excluding hydrogens is 502 g/mol. The SMILES string of the molecule is CCNC(=NCCc1nc(-c2ccco2)n[nH]1)N(C)CCOc1ccc(F)cc1.I. The largest absolute Gasteiger partial charge is 0.492 e. The van der Waals surface area contributed by atoms with Crippen LogP contribution >= 0.6 is 24.0 Å². The van der Waals surface area contributed by atoms with Crippen molar-refractivity contribution < 1.29 is 13.5 Å². The number of aromatic amines is 1. The third-order valence-corrected chi connectivity index (χ3v) is 4.09. The summed E-state index contributed by atoms with van der Waals surface area (Å²) in [6, 6.07) is 9.61. The average molecular weight is 528 g/mol. The standard InChI is InChI=1S/C20H25FN6O2.HI/c1-3-22-20(27(2)12-14-28-16-8-6-15(21)7-9-16)23-11-10-18-24-19(26-25-18)17-5-4-13-29-17;/h4-9,13H,3,10-12,14H2,1-2H3,(H,22,23)(H,24,25,26);1H. The number of benzene rings is 1. The van der Waals surface area contributed by atoms with Crippen molar-refractivity contribution in [2.75, 3.05) is 33.3 Å². The molecule has 3 aromatic rings. The number of H-pyrrole nitrogens is 1. The molecule has 0 saturated carbocycles. The molecule has 2 aromatic heterocycles. The Morgan fingerprint density at radius 2 is 2.10 bits per heavy atom. The Hall–Kier alpha value is -2.63. The van der Waals surface area contributed by atoms with E-state index in [0.717, 1.165) is 18.3 Å². The van der Waals surface area contributed by atoms with Crippen molar-refractivity contribution in [1.82, 2.24) is 25.4 Å². The van der Waals surface area contributed by atoms with Crippen molar-refractivity contribution >= 4 is 29.9 Å². The molecule has 0 atom stereocenters. The fraction of sp³-hybridized carbons (Fsp3) is 0.350. The highest BCUT2D eigenvalue weighted by atomic mass is 127. The number of aromatic nitrogens is 3. The molecule has 0 saturated heterocycles. The van der Waals surface area contributed by atoms with Crippen LogP contribution in [0.25, 0.3) is 11.6 Å². The lowest BCUT2D eigenvalue weighted by molar-refractivity contribution is 0.281. The number of aliphatic imine (C=N–C) groups is 1. The number of hydrogen-bond donors (Lipinski definition) is 2. The molecule has 1 aromatic carbocycles. The molecule has 2 heterocycles. The van der Waals surface area contributed by atoms with Gasteiger partial charge in [-0.3, -0.25) is 10.1 Å². The topological polar surface area (TPSA) is 91.6 Å². The van der Waals surface area contributed by atoms with Gasteiger partial charge in [0.25, 0.3) is 0 Å². The fourth-order valence-electron chi connectivity index (χ4n) is 2.60. The molecule has 3 rings (SSSR count). The number of nitrogens with zero attached hydrogens (tertiary/aromatic N) is 4. The van der Waals surface area contributed by atoms with E-state index in [1.165, 1.54) is 12.1 Å². The van der Waals surface area contributed by atoms with Crippen LogP contribution in [-0.2, 0) is 6.42 Å². The summed E-state index contributed by atoms with van der Waals surface area (Å²) in [5, 5.41) is 10.3. The number of furan rings is 1. The smallest absolute Gasteiger partial charge is 0.216 e. The molecule has 8 nitrogen and oxygen atoms in total. The molecule has 0 fully saturated rings. The van der Waals surface area contributed by atoms with Crippen LogP contribution in [0.2, 0.25) is 0 Å². The van der Waals surface area contributed by atoms with Gasteiger partial charge in [0.2, 0.25) is 5.82 Å². The summed E-state index contributed by atoms with van der Waals surface area (Å²) in [5.41, 5.74) is 0. The van der Waals surface area contributed by atoms with E-state index in [1.807, 2.05) is 24.9 Å². The van der Waals surface area contributed by atoms with Gasteiger partial charge in [0.1, 0.15) is 24.0 Å². The Balaban J connectivity index is 0.00000320. The van der Waals surface area contributed by atoms with E-state index in [0.29, 0.717) is 43.5 Å². The van der Waals surface area contributed by atoms with Crippen LogP contribution < -0.4 is 10.1 Å². The van der Waals surface area contributed by atoms with Crippen molar-refractivity contribution in [2.45, 2.75) is 13.3 Å². The Morgan fingerprint density at radius 3 is 2.80 bits per heavy atom. The quantitative estimate of drug-likeness (QED) is 0.252. The number of nitrogens with one attached hydrogen (secondary N) is 2. The van der Waals surface area contributed by atoms with Crippen LogP contribution in [0, 0.1) is 5.82 Å². The van der Waals surface area contributed by atoms with Gasteiger partial charge in [-0.15, -0.1) is 24.0 Å². The Bertz CT molecular complexity index is 898. The van der Waals surface area contributed by atoms with Gasteiger partial charge in [0, 0.05) is 26.6 Å². The average Bonchev–Trinajstić information content (AvgIpc) is 3.40. The fourth-order valence-corrected chi connectivity index (χ4v) is 2.60. The molecule has 162 valence electrons. The Labute approximate surface area is 192 Å². The number of rotatable bonds is 9. The maximum atomic E-state index is 12.9. The van der Waals surface area contributed by atoms with Crippen LogP contribution in [0.3, 0.4) is 0 Å². The summed E-state index contributed by atoms with van der Waals surface area (Å²) in [5.74, 6) is 3.05. The van der Waals surface area contributed by atoms with Gasteiger partial charge in [0.05, 0.1) is 12.8 Å². The first-order chi connectivity index (χ1) is 14.2. The number of halogens is 2. The van der Waals surface area contributed by atoms with Crippen molar-refractivity contribution in [3.05, 3.63) is 54.3 Å². The number of hydrogen-bond acceptors (Lipinski definition) is 5. The van der Waals surface area contributed by atoms with Crippen molar-refractivity contribution in [3.8, 4) is 17.3 Å². The molecule has 2 N–H and O–H groups in total. The van der Waals surface area contributed by atoms with Gasteiger partial charge in [0.15, 0.2) is 11.7 Å². The van der Waals surface area contributed by atoms with Crippen molar-refractivity contribution in [2.24, 2.45) is 4.99 Å². The number of guanidine groups is 1. The molecular formula is C20H26FIN6O2. The van der Waals surface area contributed by atoms with Gasteiger partial charge >= 0.3 is 0 Å². The van der Waals surface area contributed by atoms with Crippen LogP contribution in [0.5, 0.6) is 5.75 Å². The minimum absolute atomic E-state index is 0. The van der Waals surface area contributed by atoms with Gasteiger partial charge in [-0.2, -0.15) is 5.10 Å². The minimum atomic E-state index is -0.279. The van der Waals surface area contributed by atoms with E-state index in [4.69, 9.17) is 9.15 Å². The summed E-state index contributed by atoms with van der Waals surface area (Å²) in [6.07, 6.45) is 2.22. The van der Waals surface area contributed by atoms with E-state index in [9.17, 15) is 4.39 Å². The lowest BCUT2D eigenvalue weighted by Gasteiger charge is -2.22. The number of ether oxygens (including phenoxy) is 1. The van der Waals surface area contributed by atoms with E-state index in [2.05, 4.69) is 25.5 Å². The van der Waals surface area contributed by atoms with E-state index in [-0.39, 0.29) is 29.8 Å². The second-order valence-electron chi connectivity index (χ2n) is 6.29. The summed E-state index contributed by atoms with van der Waals surface area (Å²) in [4.78, 5) is 11.0. The lowest BCUT2D eigenvalue weighted by Crippen LogP contribution is -2.41. The second kappa shape index (κ2) is 12.2. The van der Waals surface area contributed by atoms with Gasteiger partial charge in [-0.25, -0.2) is 9.37 Å². The van der Waals surface area contributed by atoms with Crippen LogP contribution in [0.15, 0.2) is 52.1 Å². The van der Waals surface area contributed by atoms with E-state index in [1.54, 1.807) is 24.5 Å². The molecule has 0 aliphatic heterocycles. The van der Waals surface area contributed by atoms with Gasteiger partial charge in [-0.05, 0) is 43.3 Å². The first kappa shape index (κ1) is 23.6. The van der Waals surface area contributed by atoms with Crippen LogP contribution in [-0.4, -0.2) is 59.3 Å². The first-order valence-electron chi connectivity index (χ1n) is 9.48. The molecule has 0 aliphatic carbocycles. The van der Waals surface area contributed by atoms with E-state index >= 15 is 0 Å². The Kier molecular flexibility index (Phi) is 9.58. The normalized spacial score (nSPS) is 11.1. The predicted octanol–water partition coefficient (Wildman–Crippen LogP) is 3.34. The molecule has 0 bridgehead atoms. The summed E-state index contributed by atoms with van der Waals surface area (Å²) >= 11 is 0. The maximum Gasteiger partial charge on any atom is 0.216 e. The second-order valence-corrected chi connectivity index (χ2v) is 6.29. The van der Waals surface area contributed by atoms with Crippen LogP contribution in [0.4, 0.5) is 4.39 Å². The summed E-state index contributed by atoms with van der Waals surface area (Å²) in [7, 11) is 1.94. The monoisotopic (exact) mass is 528 g/mol. The van der Waals surface area contributed by atoms with Gasteiger partial charge < -0.3 is 19.4 Å². The molecule has 30 heavy (non-hydrogen) atoms. The highest BCUT2D eigenvalue weighted by Gasteiger charge is 2.09. The predicted molar refractivity (Wildman–Crippen MR) is 124 cm³/mol. The Morgan fingerprint density at radius 1 is 1.30 bits per heavy atom. The molecule has 0 unspecified atom stereocenters. The third-order valence-electron chi connectivity index (χ3n) is 4.09. The molecule has 0 aliphatic rings. The maximum absolute atomic E-state index is 12.9. The number of likely N-dealkylation sites (N-methyl/N-ethyl adjacent to an activating group) is 1. The highest BCUT2D eigenvalue weighted by Crippen LogP contribution is 2.14. The van der Waals surface area contributed by atoms with Crippen molar-refractivity contribution in [1.29, 1.82) is 0 Å². The zero-order valence-corrected chi connectivity index (χ0v) is 19.3. The van der Waals surface area contributed by atoms with Gasteiger partial charge in [-0.1, -0.05) is 0 Å². The van der Waals surface area contributed by atoms with Crippen molar-refractivity contribution in [3.63, 3.8) is 0 Å². The third kappa shape index (κ3) is 7.01. The zero-order chi connectivity index (χ0) is 20.5.